The van der Waals surface area contributed by atoms with E-state index in [-0.39, 0.29) is 0 Å². The van der Waals surface area contributed by atoms with Crippen LogP contribution in [0.5, 0.6) is 0 Å². The predicted octanol–water partition coefficient (Wildman–Crippen LogP) is 2.59. The van der Waals surface area contributed by atoms with Gasteiger partial charge in [-0.15, -0.1) is 11.3 Å². The molecule has 2 rings (SSSR count). The van der Waals surface area contributed by atoms with Crippen LogP contribution in [0.25, 0.3) is 10.1 Å². The van der Waals surface area contributed by atoms with Gasteiger partial charge in [0.25, 0.3) is 0 Å². The van der Waals surface area contributed by atoms with E-state index >= 15 is 0 Å². The first-order valence-electron chi connectivity index (χ1n) is 4.78. The van der Waals surface area contributed by atoms with E-state index in [0.717, 1.165) is 18.8 Å². The molecule has 1 aromatic carbocycles. The van der Waals surface area contributed by atoms with E-state index in [1.165, 1.54) is 15.0 Å². The third-order valence-corrected chi connectivity index (χ3v) is 3.26. The van der Waals surface area contributed by atoms with Crippen molar-refractivity contribution in [3.8, 4) is 0 Å². The maximum Gasteiger partial charge on any atom is 0.0347 e. The van der Waals surface area contributed by atoms with E-state index in [4.69, 9.17) is 5.73 Å². The Kier molecular flexibility index (Phi) is 2.70. The number of nitrogens with one attached hydrogen (secondary N) is 1. The lowest BCUT2D eigenvalue weighted by Crippen LogP contribution is -2.10. The Morgan fingerprint density at radius 2 is 2.21 bits per heavy atom. The molecule has 2 nitrogen and oxygen atoms in total. The topological polar surface area (TPSA) is 38.0 Å². The van der Waals surface area contributed by atoms with E-state index in [9.17, 15) is 0 Å². The summed E-state index contributed by atoms with van der Waals surface area (Å²) in [5.74, 6) is 0. The molecule has 0 amide bonds. The summed E-state index contributed by atoms with van der Waals surface area (Å²) in [6.07, 6.45) is 0. The number of nitrogen functional groups attached to an aromatic ring is 1. The fourth-order valence-corrected chi connectivity index (χ4v) is 2.47. The van der Waals surface area contributed by atoms with E-state index in [1.54, 1.807) is 0 Å². The van der Waals surface area contributed by atoms with Crippen molar-refractivity contribution in [2.75, 3.05) is 12.3 Å². The molecule has 3 heteroatoms. The minimum Gasteiger partial charge on any atom is -0.399 e. The van der Waals surface area contributed by atoms with Crippen molar-refractivity contribution >= 4 is 27.1 Å². The van der Waals surface area contributed by atoms with Crippen LogP contribution in [-0.4, -0.2) is 6.54 Å². The summed E-state index contributed by atoms with van der Waals surface area (Å²) in [4.78, 5) is 1.37. The summed E-state index contributed by atoms with van der Waals surface area (Å²) in [6.45, 7) is 4.08. The molecule has 0 aliphatic heterocycles. The van der Waals surface area contributed by atoms with Crippen LogP contribution in [0.2, 0.25) is 0 Å². The zero-order chi connectivity index (χ0) is 9.97. The highest BCUT2D eigenvalue weighted by Crippen LogP contribution is 2.27. The highest BCUT2D eigenvalue weighted by Gasteiger charge is 2.00. The summed E-state index contributed by atoms with van der Waals surface area (Å²) < 4.78 is 1.31. The van der Waals surface area contributed by atoms with Gasteiger partial charge in [-0.2, -0.15) is 0 Å². The highest BCUT2D eigenvalue weighted by atomic mass is 32.1. The molecule has 74 valence electrons. The minimum atomic E-state index is 0.838. The largest absolute Gasteiger partial charge is 0.399 e. The zero-order valence-corrected chi connectivity index (χ0v) is 9.03. The number of rotatable bonds is 3. The summed E-state index contributed by atoms with van der Waals surface area (Å²) in [6, 6.07) is 8.28. The summed E-state index contributed by atoms with van der Waals surface area (Å²) in [5.41, 5.74) is 6.56. The molecule has 1 aromatic heterocycles. The average molecular weight is 206 g/mol. The number of thiophene rings is 1. The SMILES string of the molecule is CCNCc1cc2cc(N)ccc2s1. The minimum absolute atomic E-state index is 0.838. The molecule has 0 atom stereocenters. The molecule has 2 aromatic rings. The van der Waals surface area contributed by atoms with Crippen molar-refractivity contribution < 1.29 is 0 Å². The highest BCUT2D eigenvalue weighted by molar-refractivity contribution is 7.19. The molecule has 1 heterocycles. The second-order valence-corrected chi connectivity index (χ2v) is 4.46. The van der Waals surface area contributed by atoms with Crippen molar-refractivity contribution in [2.24, 2.45) is 0 Å². The molecule has 0 fully saturated rings. The molecular weight excluding hydrogens is 192 g/mol. The van der Waals surface area contributed by atoms with E-state index in [1.807, 2.05) is 23.5 Å². The Labute approximate surface area is 87.7 Å². The Morgan fingerprint density at radius 1 is 1.36 bits per heavy atom. The molecule has 3 N–H and O–H groups in total. The zero-order valence-electron chi connectivity index (χ0n) is 8.21. The van der Waals surface area contributed by atoms with Gasteiger partial charge in [0, 0.05) is 21.8 Å². The van der Waals surface area contributed by atoms with Crippen LogP contribution in [0.4, 0.5) is 5.69 Å². The van der Waals surface area contributed by atoms with Gasteiger partial charge < -0.3 is 11.1 Å². The molecule has 14 heavy (non-hydrogen) atoms. The first-order valence-corrected chi connectivity index (χ1v) is 5.60. The van der Waals surface area contributed by atoms with Crippen molar-refractivity contribution in [2.45, 2.75) is 13.5 Å². The van der Waals surface area contributed by atoms with Gasteiger partial charge in [0.1, 0.15) is 0 Å². The van der Waals surface area contributed by atoms with Gasteiger partial charge in [-0.25, -0.2) is 0 Å². The van der Waals surface area contributed by atoms with Crippen LogP contribution < -0.4 is 11.1 Å². The van der Waals surface area contributed by atoms with E-state index in [2.05, 4.69) is 24.4 Å². The van der Waals surface area contributed by atoms with Crippen LogP contribution in [0.15, 0.2) is 24.3 Å². The van der Waals surface area contributed by atoms with Crippen LogP contribution in [-0.2, 0) is 6.54 Å². The van der Waals surface area contributed by atoms with Crippen molar-refractivity contribution in [1.29, 1.82) is 0 Å². The summed E-state index contributed by atoms with van der Waals surface area (Å²) >= 11 is 1.83. The molecule has 0 bridgehead atoms. The standard InChI is InChI=1S/C11H14N2S/c1-2-13-7-10-6-8-5-9(12)3-4-11(8)14-10/h3-6,13H,2,7,12H2,1H3. The van der Waals surface area contributed by atoms with E-state index in [0.29, 0.717) is 0 Å². The first kappa shape index (κ1) is 9.49. The molecule has 0 spiro atoms. The molecule has 0 radical (unpaired) electrons. The maximum atomic E-state index is 5.72. The quantitative estimate of drug-likeness (QED) is 0.757. The Balaban J connectivity index is 2.32. The van der Waals surface area contributed by atoms with Gasteiger partial charge in [-0.3, -0.25) is 0 Å². The summed E-state index contributed by atoms with van der Waals surface area (Å²) in [5, 5.41) is 4.57. The Hall–Kier alpha value is -1.06. The molecule has 0 aliphatic rings. The van der Waals surface area contributed by atoms with Gasteiger partial charge in [-0.05, 0) is 36.2 Å². The number of anilines is 1. The number of nitrogens with two attached hydrogens (primary N) is 1. The van der Waals surface area contributed by atoms with Gasteiger partial charge in [0.2, 0.25) is 0 Å². The van der Waals surface area contributed by atoms with Gasteiger partial charge in [0.15, 0.2) is 0 Å². The molecule has 0 unspecified atom stereocenters. The second-order valence-electron chi connectivity index (χ2n) is 3.29. The molecule has 0 aliphatic carbocycles. The predicted molar refractivity (Wildman–Crippen MR) is 63.6 cm³/mol. The lowest BCUT2D eigenvalue weighted by molar-refractivity contribution is 0.736. The van der Waals surface area contributed by atoms with Crippen molar-refractivity contribution in [3.05, 3.63) is 29.1 Å². The molecular formula is C11H14N2S. The monoisotopic (exact) mass is 206 g/mol. The van der Waals surface area contributed by atoms with Crippen molar-refractivity contribution in [1.82, 2.24) is 5.32 Å². The van der Waals surface area contributed by atoms with E-state index < -0.39 is 0 Å². The van der Waals surface area contributed by atoms with Crippen LogP contribution in [0.1, 0.15) is 11.8 Å². The number of hydrogen-bond acceptors (Lipinski definition) is 3. The first-order chi connectivity index (χ1) is 6.79. The number of benzene rings is 1. The van der Waals surface area contributed by atoms with Gasteiger partial charge in [-0.1, -0.05) is 6.92 Å². The second kappa shape index (κ2) is 3.98. The fourth-order valence-electron chi connectivity index (χ4n) is 1.45. The third kappa shape index (κ3) is 1.89. The lowest BCUT2D eigenvalue weighted by Gasteiger charge is -1.94. The van der Waals surface area contributed by atoms with Crippen molar-refractivity contribution in [3.63, 3.8) is 0 Å². The van der Waals surface area contributed by atoms with Crippen LogP contribution in [0.3, 0.4) is 0 Å². The van der Waals surface area contributed by atoms with Gasteiger partial charge >= 0.3 is 0 Å². The van der Waals surface area contributed by atoms with Gasteiger partial charge in [0.05, 0.1) is 0 Å². The van der Waals surface area contributed by atoms with Crippen LogP contribution >= 0.6 is 11.3 Å². The normalized spacial score (nSPS) is 10.9. The Morgan fingerprint density at radius 3 is 3.00 bits per heavy atom. The van der Waals surface area contributed by atoms with Crippen LogP contribution in [0, 0.1) is 0 Å². The maximum absolute atomic E-state index is 5.72. The fraction of sp³-hybridized carbons (Fsp3) is 0.273. The smallest absolute Gasteiger partial charge is 0.0347 e. The average Bonchev–Trinajstić information content (AvgIpc) is 2.56. The summed E-state index contributed by atoms with van der Waals surface area (Å²) in [7, 11) is 0. The molecule has 0 saturated carbocycles. The third-order valence-electron chi connectivity index (χ3n) is 2.14. The Bertz CT molecular complexity index is 434. The lowest BCUT2D eigenvalue weighted by atomic mass is 10.2. The number of fused-ring (bicyclic) bond motifs is 1. The number of hydrogen-bond donors (Lipinski definition) is 2. The molecule has 0 saturated heterocycles.